The van der Waals surface area contributed by atoms with Gasteiger partial charge in [-0.25, -0.2) is 4.79 Å². The lowest BCUT2D eigenvalue weighted by molar-refractivity contribution is 0.206. The smallest absolute Gasteiger partial charge is 0.317 e. The lowest BCUT2D eigenvalue weighted by atomic mass is 10.2. The lowest BCUT2D eigenvalue weighted by Crippen LogP contribution is -2.37. The van der Waals surface area contributed by atoms with Gasteiger partial charge in [0, 0.05) is 25.2 Å². The Morgan fingerprint density at radius 2 is 2.11 bits per heavy atom. The van der Waals surface area contributed by atoms with Crippen molar-refractivity contribution in [2.75, 3.05) is 13.6 Å². The molecule has 0 atom stereocenters. The van der Waals surface area contributed by atoms with Gasteiger partial charge in [-0.05, 0) is 24.1 Å². The van der Waals surface area contributed by atoms with Crippen LogP contribution in [0.15, 0.2) is 24.3 Å². The molecule has 0 saturated carbocycles. The molecular formula is C15H23ClN2O. The van der Waals surface area contributed by atoms with E-state index in [9.17, 15) is 4.79 Å². The van der Waals surface area contributed by atoms with E-state index in [1.54, 1.807) is 11.9 Å². The van der Waals surface area contributed by atoms with E-state index in [0.29, 0.717) is 11.6 Å². The number of rotatable bonds is 7. The summed E-state index contributed by atoms with van der Waals surface area (Å²) in [5, 5.41) is 3.63. The zero-order valence-corrected chi connectivity index (χ0v) is 12.5. The van der Waals surface area contributed by atoms with Crippen molar-refractivity contribution in [2.45, 2.75) is 39.2 Å². The zero-order valence-electron chi connectivity index (χ0n) is 11.8. The molecular weight excluding hydrogens is 260 g/mol. The zero-order chi connectivity index (χ0) is 14.1. The monoisotopic (exact) mass is 282 g/mol. The third-order valence-electron chi connectivity index (χ3n) is 2.96. The number of carbonyl (C=O) groups excluding carboxylic acids is 1. The van der Waals surface area contributed by atoms with Crippen LogP contribution in [0.3, 0.4) is 0 Å². The van der Waals surface area contributed by atoms with Crippen LogP contribution in [0.4, 0.5) is 4.79 Å². The molecule has 3 nitrogen and oxygen atoms in total. The second-order valence-corrected chi connectivity index (χ2v) is 5.22. The van der Waals surface area contributed by atoms with Crippen LogP contribution in [0.5, 0.6) is 0 Å². The Bertz CT molecular complexity index is 395. The molecule has 1 aromatic carbocycles. The lowest BCUT2D eigenvalue weighted by Gasteiger charge is -2.18. The van der Waals surface area contributed by atoms with Crippen molar-refractivity contribution in [1.29, 1.82) is 0 Å². The highest BCUT2D eigenvalue weighted by Gasteiger charge is 2.08. The van der Waals surface area contributed by atoms with Crippen LogP contribution in [0, 0.1) is 0 Å². The van der Waals surface area contributed by atoms with Gasteiger partial charge in [0.1, 0.15) is 0 Å². The van der Waals surface area contributed by atoms with Crippen LogP contribution >= 0.6 is 11.6 Å². The number of hydrogen-bond donors (Lipinski definition) is 1. The summed E-state index contributed by atoms with van der Waals surface area (Å²) in [5.41, 5.74) is 1.04. The van der Waals surface area contributed by atoms with E-state index in [1.807, 2.05) is 24.3 Å². The summed E-state index contributed by atoms with van der Waals surface area (Å²) < 4.78 is 0. The van der Waals surface area contributed by atoms with E-state index in [0.717, 1.165) is 18.5 Å². The summed E-state index contributed by atoms with van der Waals surface area (Å²) in [7, 11) is 1.79. The Morgan fingerprint density at radius 3 is 2.79 bits per heavy atom. The summed E-state index contributed by atoms with van der Waals surface area (Å²) in [6, 6.07) is 7.55. The third kappa shape index (κ3) is 6.48. The SMILES string of the molecule is CCCCCCNC(=O)N(C)Cc1cccc(Cl)c1. The number of unbranched alkanes of at least 4 members (excludes halogenated alkanes) is 3. The Morgan fingerprint density at radius 1 is 1.32 bits per heavy atom. The molecule has 0 bridgehead atoms. The standard InChI is InChI=1S/C15H23ClN2O/c1-3-4-5-6-10-17-15(19)18(2)12-13-8-7-9-14(16)11-13/h7-9,11H,3-6,10,12H2,1-2H3,(H,17,19). The fourth-order valence-corrected chi connectivity index (χ4v) is 2.08. The number of amides is 2. The number of hydrogen-bond acceptors (Lipinski definition) is 1. The Balaban J connectivity index is 2.28. The Labute approximate surface area is 120 Å². The first-order valence-corrected chi connectivity index (χ1v) is 7.24. The number of urea groups is 1. The largest absolute Gasteiger partial charge is 0.338 e. The van der Waals surface area contributed by atoms with Gasteiger partial charge in [0.05, 0.1) is 0 Å². The Hall–Kier alpha value is -1.22. The quantitative estimate of drug-likeness (QED) is 0.752. The maximum atomic E-state index is 11.8. The van der Waals surface area contributed by atoms with E-state index < -0.39 is 0 Å². The van der Waals surface area contributed by atoms with Crippen molar-refractivity contribution in [1.82, 2.24) is 10.2 Å². The van der Waals surface area contributed by atoms with Gasteiger partial charge in [0.25, 0.3) is 0 Å². The van der Waals surface area contributed by atoms with Gasteiger partial charge in [-0.2, -0.15) is 0 Å². The molecule has 0 aliphatic heterocycles. The molecule has 0 spiro atoms. The van der Waals surface area contributed by atoms with Crippen LogP contribution in [-0.2, 0) is 6.54 Å². The van der Waals surface area contributed by atoms with Crippen LogP contribution in [0.2, 0.25) is 5.02 Å². The van der Waals surface area contributed by atoms with Crippen LogP contribution in [-0.4, -0.2) is 24.5 Å². The van der Waals surface area contributed by atoms with E-state index >= 15 is 0 Å². The van der Waals surface area contributed by atoms with Gasteiger partial charge in [-0.15, -0.1) is 0 Å². The summed E-state index contributed by atoms with van der Waals surface area (Å²) >= 11 is 5.92. The van der Waals surface area contributed by atoms with Crippen molar-refractivity contribution >= 4 is 17.6 Å². The second-order valence-electron chi connectivity index (χ2n) is 4.78. The highest BCUT2D eigenvalue weighted by molar-refractivity contribution is 6.30. The maximum Gasteiger partial charge on any atom is 0.317 e. The number of halogens is 1. The van der Waals surface area contributed by atoms with Gasteiger partial charge in [0.2, 0.25) is 0 Å². The first-order chi connectivity index (χ1) is 9.13. The van der Waals surface area contributed by atoms with Crippen molar-refractivity contribution < 1.29 is 4.79 Å². The highest BCUT2D eigenvalue weighted by atomic mass is 35.5. The molecule has 1 aromatic rings. The molecule has 0 aliphatic rings. The van der Waals surface area contributed by atoms with Crippen molar-refractivity contribution in [3.8, 4) is 0 Å². The minimum absolute atomic E-state index is 0.0310. The fourth-order valence-electron chi connectivity index (χ4n) is 1.86. The molecule has 1 N–H and O–H groups in total. The minimum atomic E-state index is -0.0310. The normalized spacial score (nSPS) is 10.3. The van der Waals surface area contributed by atoms with E-state index in [4.69, 9.17) is 11.6 Å². The van der Waals surface area contributed by atoms with Crippen LogP contribution in [0.25, 0.3) is 0 Å². The van der Waals surface area contributed by atoms with Gasteiger partial charge in [-0.3, -0.25) is 0 Å². The predicted molar refractivity (Wildman–Crippen MR) is 80.5 cm³/mol. The van der Waals surface area contributed by atoms with Crippen molar-refractivity contribution in [2.24, 2.45) is 0 Å². The molecule has 0 heterocycles. The van der Waals surface area contributed by atoms with Crippen LogP contribution < -0.4 is 5.32 Å². The van der Waals surface area contributed by atoms with Gasteiger partial charge >= 0.3 is 6.03 Å². The second kappa shape index (κ2) is 8.81. The first kappa shape index (κ1) is 15.8. The molecule has 0 saturated heterocycles. The number of nitrogens with one attached hydrogen (secondary N) is 1. The van der Waals surface area contributed by atoms with Gasteiger partial charge in [-0.1, -0.05) is 49.9 Å². The van der Waals surface area contributed by atoms with E-state index in [-0.39, 0.29) is 6.03 Å². The maximum absolute atomic E-state index is 11.8. The molecule has 1 rings (SSSR count). The molecule has 2 amide bonds. The summed E-state index contributed by atoms with van der Waals surface area (Å²) in [6.07, 6.45) is 4.66. The topological polar surface area (TPSA) is 32.3 Å². The molecule has 4 heteroatoms. The first-order valence-electron chi connectivity index (χ1n) is 6.87. The van der Waals surface area contributed by atoms with Gasteiger partial charge < -0.3 is 10.2 Å². The van der Waals surface area contributed by atoms with Crippen molar-refractivity contribution in [3.05, 3.63) is 34.9 Å². The number of benzene rings is 1. The van der Waals surface area contributed by atoms with Crippen LogP contribution in [0.1, 0.15) is 38.2 Å². The fraction of sp³-hybridized carbons (Fsp3) is 0.533. The molecule has 0 radical (unpaired) electrons. The predicted octanol–water partition coefficient (Wildman–Crippen LogP) is 4.06. The van der Waals surface area contributed by atoms with Gasteiger partial charge in [0.15, 0.2) is 0 Å². The average Bonchev–Trinajstić information content (AvgIpc) is 2.38. The summed E-state index contributed by atoms with van der Waals surface area (Å²) in [4.78, 5) is 13.5. The van der Waals surface area contributed by atoms with Crippen molar-refractivity contribution in [3.63, 3.8) is 0 Å². The number of carbonyl (C=O) groups is 1. The highest BCUT2D eigenvalue weighted by Crippen LogP contribution is 2.12. The molecule has 19 heavy (non-hydrogen) atoms. The summed E-state index contributed by atoms with van der Waals surface area (Å²) in [6.45, 7) is 3.50. The summed E-state index contributed by atoms with van der Waals surface area (Å²) in [5.74, 6) is 0. The number of nitrogens with zero attached hydrogens (tertiary/aromatic N) is 1. The Kier molecular flexibility index (Phi) is 7.34. The molecule has 0 aliphatic carbocycles. The third-order valence-corrected chi connectivity index (χ3v) is 3.20. The minimum Gasteiger partial charge on any atom is -0.338 e. The molecule has 106 valence electrons. The van der Waals surface area contributed by atoms with E-state index in [2.05, 4.69) is 12.2 Å². The van der Waals surface area contributed by atoms with E-state index in [1.165, 1.54) is 19.3 Å². The molecule has 0 aromatic heterocycles. The molecule has 0 unspecified atom stereocenters. The average molecular weight is 283 g/mol. The molecule has 0 fully saturated rings.